The SMILES string of the molecule is Cn1cc([C@H]2OCCC[C@@H]2NC(=O)NCc2ccoc2)cn1. The van der Waals surface area contributed by atoms with E-state index in [4.69, 9.17) is 9.15 Å². The highest BCUT2D eigenvalue weighted by Crippen LogP contribution is 2.27. The van der Waals surface area contributed by atoms with Gasteiger partial charge in [-0.05, 0) is 18.9 Å². The van der Waals surface area contributed by atoms with Crippen molar-refractivity contribution in [1.29, 1.82) is 0 Å². The zero-order valence-electron chi connectivity index (χ0n) is 12.5. The van der Waals surface area contributed by atoms with Crippen LogP contribution in [0.5, 0.6) is 0 Å². The summed E-state index contributed by atoms with van der Waals surface area (Å²) in [7, 11) is 1.87. The maximum Gasteiger partial charge on any atom is 0.315 e. The summed E-state index contributed by atoms with van der Waals surface area (Å²) in [5, 5.41) is 9.99. The minimum Gasteiger partial charge on any atom is -0.472 e. The molecule has 2 aromatic rings. The van der Waals surface area contributed by atoms with Crippen LogP contribution in [0.4, 0.5) is 4.79 Å². The summed E-state index contributed by atoms with van der Waals surface area (Å²) in [5.74, 6) is 0. The summed E-state index contributed by atoms with van der Waals surface area (Å²) in [6, 6.07) is 1.57. The Kier molecular flexibility index (Phi) is 4.43. The molecule has 3 heterocycles. The predicted octanol–water partition coefficient (Wildman–Crippen LogP) is 1.73. The maximum atomic E-state index is 12.1. The average molecular weight is 304 g/mol. The van der Waals surface area contributed by atoms with Gasteiger partial charge in [0.2, 0.25) is 0 Å². The van der Waals surface area contributed by atoms with Gasteiger partial charge in [-0.2, -0.15) is 5.10 Å². The summed E-state index contributed by atoms with van der Waals surface area (Å²) in [6.07, 6.45) is 8.58. The van der Waals surface area contributed by atoms with E-state index < -0.39 is 0 Å². The van der Waals surface area contributed by atoms with E-state index in [0.29, 0.717) is 13.2 Å². The van der Waals surface area contributed by atoms with Gasteiger partial charge in [0.1, 0.15) is 6.10 Å². The van der Waals surface area contributed by atoms with Gasteiger partial charge >= 0.3 is 6.03 Å². The van der Waals surface area contributed by atoms with Crippen LogP contribution < -0.4 is 10.6 Å². The lowest BCUT2D eigenvalue weighted by atomic mass is 9.98. The van der Waals surface area contributed by atoms with Crippen molar-refractivity contribution in [1.82, 2.24) is 20.4 Å². The topological polar surface area (TPSA) is 81.3 Å². The Morgan fingerprint density at radius 1 is 1.55 bits per heavy atom. The van der Waals surface area contributed by atoms with Gasteiger partial charge in [-0.25, -0.2) is 4.79 Å². The van der Waals surface area contributed by atoms with E-state index in [9.17, 15) is 4.79 Å². The lowest BCUT2D eigenvalue weighted by molar-refractivity contribution is -0.00747. The molecule has 0 radical (unpaired) electrons. The van der Waals surface area contributed by atoms with E-state index in [1.54, 1.807) is 23.4 Å². The van der Waals surface area contributed by atoms with Crippen molar-refractivity contribution < 1.29 is 13.9 Å². The molecule has 2 N–H and O–H groups in total. The van der Waals surface area contributed by atoms with E-state index in [2.05, 4.69) is 15.7 Å². The van der Waals surface area contributed by atoms with Crippen LogP contribution in [0.1, 0.15) is 30.1 Å². The first kappa shape index (κ1) is 14.6. The zero-order chi connectivity index (χ0) is 15.4. The van der Waals surface area contributed by atoms with Crippen molar-refractivity contribution in [2.45, 2.75) is 31.5 Å². The number of amides is 2. The molecule has 2 amide bonds. The Balaban J connectivity index is 1.57. The first-order valence-corrected chi connectivity index (χ1v) is 7.38. The van der Waals surface area contributed by atoms with Crippen molar-refractivity contribution in [2.24, 2.45) is 7.05 Å². The molecule has 3 rings (SSSR count). The van der Waals surface area contributed by atoms with Crippen LogP contribution in [-0.2, 0) is 18.3 Å². The van der Waals surface area contributed by atoms with Gasteiger partial charge in [0.15, 0.2) is 0 Å². The van der Waals surface area contributed by atoms with E-state index in [1.165, 1.54) is 0 Å². The Bertz CT molecular complexity index is 608. The highest BCUT2D eigenvalue weighted by Gasteiger charge is 2.29. The van der Waals surface area contributed by atoms with Crippen LogP contribution in [0, 0.1) is 0 Å². The molecule has 22 heavy (non-hydrogen) atoms. The molecule has 1 fully saturated rings. The van der Waals surface area contributed by atoms with Gasteiger partial charge in [-0.15, -0.1) is 0 Å². The molecular weight excluding hydrogens is 284 g/mol. The molecule has 7 heteroatoms. The number of nitrogens with one attached hydrogen (secondary N) is 2. The lowest BCUT2D eigenvalue weighted by Gasteiger charge is -2.31. The molecule has 2 aromatic heterocycles. The molecule has 1 aliphatic heterocycles. The molecule has 0 saturated carbocycles. The van der Waals surface area contributed by atoms with Gasteiger partial charge < -0.3 is 19.8 Å². The number of hydrogen-bond acceptors (Lipinski definition) is 4. The maximum absolute atomic E-state index is 12.1. The number of aromatic nitrogens is 2. The number of ether oxygens (including phenoxy) is 1. The Morgan fingerprint density at radius 2 is 2.45 bits per heavy atom. The number of carbonyl (C=O) groups is 1. The van der Waals surface area contributed by atoms with Gasteiger partial charge in [-0.1, -0.05) is 0 Å². The molecule has 0 spiro atoms. The molecule has 118 valence electrons. The fraction of sp³-hybridized carbons (Fsp3) is 0.467. The molecule has 0 aromatic carbocycles. The third kappa shape index (κ3) is 3.48. The smallest absolute Gasteiger partial charge is 0.315 e. The van der Waals surface area contributed by atoms with Crippen LogP contribution in [0.15, 0.2) is 35.4 Å². The summed E-state index contributed by atoms with van der Waals surface area (Å²) in [6.45, 7) is 1.14. The third-order valence-electron chi connectivity index (χ3n) is 3.73. The summed E-state index contributed by atoms with van der Waals surface area (Å²) in [5.41, 5.74) is 1.92. The largest absolute Gasteiger partial charge is 0.472 e. The number of carbonyl (C=O) groups excluding carboxylic acids is 1. The third-order valence-corrected chi connectivity index (χ3v) is 3.73. The standard InChI is InChI=1S/C15H20N4O3/c1-19-9-12(8-17-19)14-13(3-2-5-22-14)18-15(20)16-7-11-4-6-21-10-11/h4,6,8-10,13-14H,2-3,5,7H2,1H3,(H2,16,18,20)/t13-,14+/m0/s1. The van der Waals surface area contributed by atoms with Crippen molar-refractivity contribution in [3.63, 3.8) is 0 Å². The quantitative estimate of drug-likeness (QED) is 0.901. The monoisotopic (exact) mass is 304 g/mol. The van der Waals surface area contributed by atoms with Crippen molar-refractivity contribution >= 4 is 6.03 Å². The Labute approximate surface area is 128 Å². The van der Waals surface area contributed by atoms with Crippen molar-refractivity contribution in [3.8, 4) is 0 Å². The van der Waals surface area contributed by atoms with E-state index >= 15 is 0 Å². The number of furan rings is 1. The number of nitrogens with zero attached hydrogens (tertiary/aromatic N) is 2. The molecule has 0 bridgehead atoms. The second kappa shape index (κ2) is 6.65. The highest BCUT2D eigenvalue weighted by molar-refractivity contribution is 5.74. The summed E-state index contributed by atoms with van der Waals surface area (Å²) < 4.78 is 12.5. The summed E-state index contributed by atoms with van der Waals surface area (Å²) >= 11 is 0. The number of urea groups is 1. The van der Waals surface area contributed by atoms with Gasteiger partial charge in [0.05, 0.1) is 24.8 Å². The summed E-state index contributed by atoms with van der Waals surface area (Å²) in [4.78, 5) is 12.1. The highest BCUT2D eigenvalue weighted by atomic mass is 16.5. The Morgan fingerprint density at radius 3 is 3.18 bits per heavy atom. The molecule has 1 saturated heterocycles. The second-order valence-electron chi connectivity index (χ2n) is 5.45. The van der Waals surface area contributed by atoms with Crippen molar-refractivity contribution in [2.75, 3.05) is 6.61 Å². The first-order valence-electron chi connectivity index (χ1n) is 7.38. The van der Waals surface area contributed by atoms with Crippen LogP contribution >= 0.6 is 0 Å². The van der Waals surface area contributed by atoms with Crippen LogP contribution in [-0.4, -0.2) is 28.5 Å². The lowest BCUT2D eigenvalue weighted by Crippen LogP contribution is -2.46. The average Bonchev–Trinajstić information content (AvgIpc) is 3.17. The van der Waals surface area contributed by atoms with Crippen molar-refractivity contribution in [3.05, 3.63) is 42.1 Å². The minimum atomic E-state index is -0.203. The molecule has 1 aliphatic rings. The fourth-order valence-electron chi connectivity index (χ4n) is 2.64. The van der Waals surface area contributed by atoms with Gasteiger partial charge in [0, 0.05) is 37.5 Å². The molecular formula is C15H20N4O3. The van der Waals surface area contributed by atoms with Crippen LogP contribution in [0.3, 0.4) is 0 Å². The molecule has 0 aliphatic carbocycles. The predicted molar refractivity (Wildman–Crippen MR) is 79.0 cm³/mol. The minimum absolute atomic E-state index is 0.0534. The first-order chi connectivity index (χ1) is 10.7. The Hall–Kier alpha value is -2.28. The molecule has 0 unspecified atom stereocenters. The molecule has 7 nitrogen and oxygen atoms in total. The van der Waals surface area contributed by atoms with Crippen LogP contribution in [0.25, 0.3) is 0 Å². The number of aryl methyl sites for hydroxylation is 1. The van der Waals surface area contributed by atoms with Crippen LogP contribution in [0.2, 0.25) is 0 Å². The van der Waals surface area contributed by atoms with E-state index in [-0.39, 0.29) is 18.2 Å². The molecule has 2 atom stereocenters. The number of hydrogen-bond donors (Lipinski definition) is 2. The number of rotatable bonds is 4. The van der Waals surface area contributed by atoms with Gasteiger partial charge in [-0.3, -0.25) is 4.68 Å². The fourth-order valence-corrected chi connectivity index (χ4v) is 2.64. The second-order valence-corrected chi connectivity index (χ2v) is 5.45. The van der Waals surface area contributed by atoms with E-state index in [0.717, 1.165) is 24.0 Å². The van der Waals surface area contributed by atoms with E-state index in [1.807, 2.05) is 19.3 Å². The zero-order valence-corrected chi connectivity index (χ0v) is 12.5. The van der Waals surface area contributed by atoms with Gasteiger partial charge in [0.25, 0.3) is 0 Å². The normalized spacial score (nSPS) is 21.5.